The van der Waals surface area contributed by atoms with Gasteiger partial charge in [0.15, 0.2) is 0 Å². The van der Waals surface area contributed by atoms with Crippen LogP contribution in [0.15, 0.2) is 42.6 Å². The number of rotatable bonds is 3. The Bertz CT molecular complexity index is 799. The standard InChI is InChI=1S/C17H17N3O/c1-3-13-12(7-9-15(18)20-13)16-14(21-2)8-6-11-5-4-10-19-17(11)16/h4-10H,3H2,1-2H3,(H2,18,20). The highest BCUT2D eigenvalue weighted by Crippen LogP contribution is 2.37. The Hall–Kier alpha value is -2.62. The molecular formula is C17H17N3O. The molecule has 2 N–H and O–H groups in total. The van der Waals surface area contributed by atoms with Crippen LogP contribution in [0.2, 0.25) is 0 Å². The molecule has 106 valence electrons. The molecule has 0 aliphatic rings. The van der Waals surface area contributed by atoms with E-state index in [1.165, 1.54) is 0 Å². The van der Waals surface area contributed by atoms with Gasteiger partial charge in [0.05, 0.1) is 23.9 Å². The summed E-state index contributed by atoms with van der Waals surface area (Å²) in [6.07, 6.45) is 2.59. The van der Waals surface area contributed by atoms with Crippen molar-refractivity contribution in [3.05, 3.63) is 48.3 Å². The van der Waals surface area contributed by atoms with Crippen molar-refractivity contribution in [2.45, 2.75) is 13.3 Å². The number of hydrogen-bond donors (Lipinski definition) is 1. The van der Waals surface area contributed by atoms with Crippen molar-refractivity contribution in [3.63, 3.8) is 0 Å². The molecule has 0 spiro atoms. The highest BCUT2D eigenvalue weighted by atomic mass is 16.5. The molecule has 21 heavy (non-hydrogen) atoms. The number of hydrogen-bond acceptors (Lipinski definition) is 4. The predicted molar refractivity (Wildman–Crippen MR) is 85.3 cm³/mol. The number of nitrogens with two attached hydrogens (primary N) is 1. The Labute approximate surface area is 123 Å². The average molecular weight is 279 g/mol. The van der Waals surface area contributed by atoms with Crippen LogP contribution in [0, 0.1) is 0 Å². The van der Waals surface area contributed by atoms with E-state index in [4.69, 9.17) is 10.5 Å². The minimum atomic E-state index is 0.530. The Morgan fingerprint density at radius 2 is 2.00 bits per heavy atom. The van der Waals surface area contributed by atoms with Crippen molar-refractivity contribution < 1.29 is 4.74 Å². The summed E-state index contributed by atoms with van der Waals surface area (Å²) in [5.74, 6) is 1.32. The van der Waals surface area contributed by atoms with Crippen LogP contribution in [0.1, 0.15) is 12.6 Å². The van der Waals surface area contributed by atoms with Gasteiger partial charge in [-0.15, -0.1) is 0 Å². The molecule has 4 nitrogen and oxygen atoms in total. The molecule has 0 saturated carbocycles. The smallest absolute Gasteiger partial charge is 0.128 e. The van der Waals surface area contributed by atoms with E-state index in [1.807, 2.05) is 36.4 Å². The molecule has 0 aliphatic carbocycles. The summed E-state index contributed by atoms with van der Waals surface area (Å²) in [5, 5.41) is 1.08. The number of anilines is 1. The van der Waals surface area contributed by atoms with Crippen molar-refractivity contribution in [2.75, 3.05) is 12.8 Å². The van der Waals surface area contributed by atoms with Crippen LogP contribution < -0.4 is 10.5 Å². The Morgan fingerprint density at radius 1 is 1.14 bits per heavy atom. The summed E-state index contributed by atoms with van der Waals surface area (Å²) in [7, 11) is 1.67. The topological polar surface area (TPSA) is 61.0 Å². The summed E-state index contributed by atoms with van der Waals surface area (Å²) < 4.78 is 5.54. The van der Waals surface area contributed by atoms with Gasteiger partial charge in [0.25, 0.3) is 0 Å². The fraction of sp³-hybridized carbons (Fsp3) is 0.176. The van der Waals surface area contributed by atoms with Crippen molar-refractivity contribution in [1.29, 1.82) is 0 Å². The van der Waals surface area contributed by atoms with E-state index in [2.05, 4.69) is 16.9 Å². The minimum absolute atomic E-state index is 0.530. The number of methoxy groups -OCH3 is 1. The number of ether oxygens (including phenoxy) is 1. The third-order valence-electron chi connectivity index (χ3n) is 3.56. The van der Waals surface area contributed by atoms with Crippen LogP contribution in [0.3, 0.4) is 0 Å². The minimum Gasteiger partial charge on any atom is -0.496 e. The van der Waals surface area contributed by atoms with Gasteiger partial charge in [-0.1, -0.05) is 13.0 Å². The summed E-state index contributed by atoms with van der Waals surface area (Å²) in [6.45, 7) is 2.07. The Kier molecular flexibility index (Phi) is 3.44. The molecule has 0 aliphatic heterocycles. The van der Waals surface area contributed by atoms with Gasteiger partial charge in [0.2, 0.25) is 0 Å². The number of nitrogens with zero attached hydrogens (tertiary/aromatic N) is 2. The second-order valence-corrected chi connectivity index (χ2v) is 4.80. The Morgan fingerprint density at radius 3 is 2.76 bits per heavy atom. The van der Waals surface area contributed by atoms with Gasteiger partial charge in [-0.05, 0) is 36.8 Å². The van der Waals surface area contributed by atoms with Gasteiger partial charge >= 0.3 is 0 Å². The summed E-state index contributed by atoms with van der Waals surface area (Å²) >= 11 is 0. The van der Waals surface area contributed by atoms with Crippen LogP contribution in [-0.2, 0) is 6.42 Å². The van der Waals surface area contributed by atoms with Gasteiger partial charge in [0, 0.05) is 17.1 Å². The van der Waals surface area contributed by atoms with Crippen molar-refractivity contribution >= 4 is 16.7 Å². The molecule has 0 fully saturated rings. The van der Waals surface area contributed by atoms with E-state index < -0.39 is 0 Å². The molecule has 3 aromatic rings. The molecule has 3 rings (SSSR count). The van der Waals surface area contributed by atoms with E-state index in [9.17, 15) is 0 Å². The maximum atomic E-state index is 5.81. The SMILES string of the molecule is CCc1nc(N)ccc1-c1c(OC)ccc2cccnc12. The van der Waals surface area contributed by atoms with Crippen molar-refractivity contribution in [2.24, 2.45) is 0 Å². The summed E-state index contributed by atoms with van der Waals surface area (Å²) in [4.78, 5) is 8.97. The number of nitrogen functional groups attached to an aromatic ring is 1. The zero-order valence-corrected chi connectivity index (χ0v) is 12.1. The maximum absolute atomic E-state index is 5.81. The van der Waals surface area contributed by atoms with Crippen LogP contribution in [-0.4, -0.2) is 17.1 Å². The highest BCUT2D eigenvalue weighted by Gasteiger charge is 2.15. The highest BCUT2D eigenvalue weighted by molar-refractivity contribution is 5.97. The second kappa shape index (κ2) is 5.40. The fourth-order valence-corrected chi connectivity index (χ4v) is 2.57. The lowest BCUT2D eigenvalue weighted by Crippen LogP contribution is -1.99. The molecular weight excluding hydrogens is 262 g/mol. The first-order chi connectivity index (χ1) is 10.2. The lowest BCUT2D eigenvalue weighted by atomic mass is 9.98. The lowest BCUT2D eigenvalue weighted by molar-refractivity contribution is 0.417. The molecule has 0 unspecified atom stereocenters. The van der Waals surface area contributed by atoms with Crippen LogP contribution in [0.25, 0.3) is 22.0 Å². The summed E-state index contributed by atoms with van der Waals surface area (Å²) in [6, 6.07) is 11.8. The van der Waals surface area contributed by atoms with E-state index in [1.54, 1.807) is 13.3 Å². The predicted octanol–water partition coefficient (Wildman–Crippen LogP) is 3.45. The zero-order valence-electron chi connectivity index (χ0n) is 12.1. The van der Waals surface area contributed by atoms with E-state index in [0.717, 1.165) is 39.9 Å². The number of aryl methyl sites for hydroxylation is 1. The number of fused-ring (bicyclic) bond motifs is 1. The molecule has 0 saturated heterocycles. The first-order valence-electron chi connectivity index (χ1n) is 6.92. The van der Waals surface area contributed by atoms with E-state index in [0.29, 0.717) is 5.82 Å². The Balaban J connectivity index is 2.38. The van der Waals surface area contributed by atoms with Crippen molar-refractivity contribution in [1.82, 2.24) is 9.97 Å². The number of benzene rings is 1. The van der Waals surface area contributed by atoms with Gasteiger partial charge < -0.3 is 10.5 Å². The molecule has 0 atom stereocenters. The van der Waals surface area contributed by atoms with Gasteiger partial charge in [-0.3, -0.25) is 4.98 Å². The molecule has 1 aromatic carbocycles. The molecule has 2 heterocycles. The number of pyridine rings is 2. The molecule has 2 aromatic heterocycles. The van der Waals surface area contributed by atoms with Crippen LogP contribution in [0.5, 0.6) is 5.75 Å². The van der Waals surface area contributed by atoms with Crippen molar-refractivity contribution in [3.8, 4) is 16.9 Å². The second-order valence-electron chi connectivity index (χ2n) is 4.80. The quantitative estimate of drug-likeness (QED) is 0.797. The van der Waals surface area contributed by atoms with Gasteiger partial charge in [0.1, 0.15) is 11.6 Å². The molecule has 0 radical (unpaired) electrons. The normalized spacial score (nSPS) is 10.8. The summed E-state index contributed by atoms with van der Waals surface area (Å²) in [5.41, 5.74) is 9.67. The van der Waals surface area contributed by atoms with Gasteiger partial charge in [-0.2, -0.15) is 0 Å². The maximum Gasteiger partial charge on any atom is 0.128 e. The number of aromatic nitrogens is 2. The zero-order chi connectivity index (χ0) is 14.8. The fourth-order valence-electron chi connectivity index (χ4n) is 2.57. The third-order valence-corrected chi connectivity index (χ3v) is 3.56. The van der Waals surface area contributed by atoms with Crippen LogP contribution >= 0.6 is 0 Å². The monoisotopic (exact) mass is 279 g/mol. The lowest BCUT2D eigenvalue weighted by Gasteiger charge is -2.14. The first-order valence-corrected chi connectivity index (χ1v) is 6.92. The average Bonchev–Trinajstić information content (AvgIpc) is 2.53. The van der Waals surface area contributed by atoms with E-state index >= 15 is 0 Å². The van der Waals surface area contributed by atoms with E-state index in [-0.39, 0.29) is 0 Å². The third kappa shape index (κ3) is 2.29. The van der Waals surface area contributed by atoms with Crippen LogP contribution in [0.4, 0.5) is 5.82 Å². The largest absolute Gasteiger partial charge is 0.496 e. The molecule has 0 amide bonds. The first kappa shape index (κ1) is 13.4. The molecule has 0 bridgehead atoms. The van der Waals surface area contributed by atoms with Gasteiger partial charge in [-0.25, -0.2) is 4.98 Å². The molecule has 4 heteroatoms.